The van der Waals surface area contributed by atoms with Gasteiger partial charge in [-0.15, -0.1) is 0 Å². The number of hydrogen-bond acceptors (Lipinski definition) is 4. The highest BCUT2D eigenvalue weighted by molar-refractivity contribution is 5.79. The molecule has 0 radical (unpaired) electrons. The standard InChI is InChI=1S/C21H26N2O3/c22-23(13-7-1-2-8-14-24)21(25)26-15-20-18-11-5-3-9-16(18)17-10-4-6-12-19(17)20/h3-6,9-12,20,24H,1-2,7-8,13-15,22H2. The first-order chi connectivity index (χ1) is 12.7. The zero-order valence-corrected chi connectivity index (χ0v) is 14.9. The first-order valence-corrected chi connectivity index (χ1v) is 9.20. The second-order valence-electron chi connectivity index (χ2n) is 6.64. The monoisotopic (exact) mass is 354 g/mol. The summed E-state index contributed by atoms with van der Waals surface area (Å²) in [5.74, 6) is 5.86. The van der Waals surface area contributed by atoms with E-state index in [1.807, 2.05) is 24.3 Å². The number of nitrogens with zero attached hydrogens (tertiary/aromatic N) is 1. The van der Waals surface area contributed by atoms with Crippen LogP contribution in [-0.2, 0) is 4.74 Å². The lowest BCUT2D eigenvalue weighted by Crippen LogP contribution is -2.39. The second kappa shape index (κ2) is 8.83. The number of aliphatic hydroxyl groups is 1. The summed E-state index contributed by atoms with van der Waals surface area (Å²) in [6.07, 6.45) is 2.98. The van der Waals surface area contributed by atoms with E-state index in [9.17, 15) is 4.79 Å². The molecule has 2 aromatic carbocycles. The number of hydrazine groups is 1. The van der Waals surface area contributed by atoms with Gasteiger partial charge in [-0.1, -0.05) is 61.4 Å². The minimum atomic E-state index is -0.492. The molecule has 26 heavy (non-hydrogen) atoms. The number of hydrogen-bond donors (Lipinski definition) is 2. The summed E-state index contributed by atoms with van der Waals surface area (Å²) >= 11 is 0. The fourth-order valence-electron chi connectivity index (χ4n) is 3.52. The quantitative estimate of drug-likeness (QED) is 0.328. The highest BCUT2D eigenvalue weighted by Crippen LogP contribution is 2.44. The molecule has 3 N–H and O–H groups in total. The van der Waals surface area contributed by atoms with Crippen molar-refractivity contribution in [2.45, 2.75) is 31.6 Å². The summed E-state index contributed by atoms with van der Waals surface area (Å²) in [5, 5.41) is 9.91. The zero-order chi connectivity index (χ0) is 18.4. The predicted molar refractivity (Wildman–Crippen MR) is 102 cm³/mol. The van der Waals surface area contributed by atoms with Crippen molar-refractivity contribution in [2.75, 3.05) is 19.8 Å². The molecule has 3 rings (SSSR count). The van der Waals surface area contributed by atoms with Gasteiger partial charge in [0, 0.05) is 19.1 Å². The SMILES string of the molecule is NN(CCCCCCO)C(=O)OCC1c2ccccc2-c2ccccc21. The number of rotatable bonds is 8. The fourth-order valence-corrected chi connectivity index (χ4v) is 3.52. The van der Waals surface area contributed by atoms with Gasteiger partial charge in [-0.2, -0.15) is 0 Å². The molecule has 2 aromatic rings. The summed E-state index contributed by atoms with van der Waals surface area (Å²) in [5.41, 5.74) is 4.79. The van der Waals surface area contributed by atoms with Crippen molar-refractivity contribution in [1.29, 1.82) is 0 Å². The Morgan fingerprint density at radius 3 is 2.15 bits per heavy atom. The lowest BCUT2D eigenvalue weighted by atomic mass is 9.98. The minimum absolute atomic E-state index is 0.0457. The highest BCUT2D eigenvalue weighted by Gasteiger charge is 2.29. The Balaban J connectivity index is 1.57. The van der Waals surface area contributed by atoms with E-state index in [1.54, 1.807) is 0 Å². The zero-order valence-electron chi connectivity index (χ0n) is 14.9. The number of fused-ring (bicyclic) bond motifs is 3. The first-order valence-electron chi connectivity index (χ1n) is 9.20. The molecule has 0 heterocycles. The molecule has 0 saturated carbocycles. The van der Waals surface area contributed by atoms with Gasteiger partial charge in [0.25, 0.3) is 0 Å². The van der Waals surface area contributed by atoms with Crippen LogP contribution in [0.1, 0.15) is 42.7 Å². The van der Waals surface area contributed by atoms with Gasteiger partial charge in [-0.3, -0.25) is 0 Å². The molecule has 0 spiro atoms. The average Bonchev–Trinajstić information content (AvgIpc) is 3.00. The van der Waals surface area contributed by atoms with E-state index in [-0.39, 0.29) is 19.1 Å². The van der Waals surface area contributed by atoms with Crippen molar-refractivity contribution in [3.63, 3.8) is 0 Å². The first kappa shape index (κ1) is 18.4. The van der Waals surface area contributed by atoms with Gasteiger partial charge in [0.15, 0.2) is 0 Å². The molecule has 0 aromatic heterocycles. The number of carbonyl (C=O) groups is 1. The van der Waals surface area contributed by atoms with E-state index in [1.165, 1.54) is 22.3 Å². The molecule has 1 aliphatic rings. The Labute approximate surface area is 154 Å². The molecule has 0 aliphatic heterocycles. The molecule has 1 aliphatic carbocycles. The van der Waals surface area contributed by atoms with Crippen LogP contribution < -0.4 is 5.84 Å². The summed E-state index contributed by atoms with van der Waals surface area (Å²) in [6, 6.07) is 16.5. The summed E-state index contributed by atoms with van der Waals surface area (Å²) in [4.78, 5) is 12.2. The van der Waals surface area contributed by atoms with Crippen LogP contribution in [0.2, 0.25) is 0 Å². The van der Waals surface area contributed by atoms with Gasteiger partial charge >= 0.3 is 6.09 Å². The summed E-state index contributed by atoms with van der Waals surface area (Å²) in [7, 11) is 0. The molecule has 0 unspecified atom stereocenters. The van der Waals surface area contributed by atoms with E-state index in [2.05, 4.69) is 24.3 Å². The number of unbranched alkanes of at least 4 members (excludes halogenated alkanes) is 3. The number of amides is 1. The number of aliphatic hydroxyl groups excluding tert-OH is 1. The Bertz CT molecular complexity index is 702. The number of carbonyl (C=O) groups excluding carboxylic acids is 1. The third-order valence-electron chi connectivity index (χ3n) is 4.88. The predicted octanol–water partition coefficient (Wildman–Crippen LogP) is 3.66. The lowest BCUT2D eigenvalue weighted by molar-refractivity contribution is 0.0990. The topological polar surface area (TPSA) is 75.8 Å². The lowest BCUT2D eigenvalue weighted by Gasteiger charge is -2.19. The van der Waals surface area contributed by atoms with Crippen molar-refractivity contribution < 1.29 is 14.6 Å². The molecule has 0 atom stereocenters. The molecule has 0 saturated heterocycles. The Morgan fingerprint density at radius 2 is 1.54 bits per heavy atom. The van der Waals surface area contributed by atoms with Crippen LogP contribution in [0, 0.1) is 0 Å². The molecular weight excluding hydrogens is 328 g/mol. The van der Waals surface area contributed by atoms with Gasteiger partial charge in [0.1, 0.15) is 6.61 Å². The molecule has 5 heteroatoms. The third kappa shape index (κ3) is 4.06. The van der Waals surface area contributed by atoms with Crippen LogP contribution >= 0.6 is 0 Å². The number of nitrogens with two attached hydrogens (primary N) is 1. The van der Waals surface area contributed by atoms with Gasteiger partial charge in [-0.25, -0.2) is 15.6 Å². The molecular formula is C21H26N2O3. The van der Waals surface area contributed by atoms with E-state index in [0.29, 0.717) is 6.54 Å². The van der Waals surface area contributed by atoms with Gasteiger partial charge in [-0.05, 0) is 35.1 Å². The van der Waals surface area contributed by atoms with Crippen LogP contribution in [0.15, 0.2) is 48.5 Å². The average molecular weight is 354 g/mol. The van der Waals surface area contributed by atoms with Crippen LogP contribution in [0.5, 0.6) is 0 Å². The smallest absolute Gasteiger partial charge is 0.424 e. The second-order valence-corrected chi connectivity index (χ2v) is 6.64. The summed E-state index contributed by atoms with van der Waals surface area (Å²) in [6.45, 7) is 0.950. The molecule has 0 bridgehead atoms. The van der Waals surface area contributed by atoms with Crippen molar-refractivity contribution in [3.05, 3.63) is 59.7 Å². The normalized spacial score (nSPS) is 12.5. The number of benzene rings is 2. The van der Waals surface area contributed by atoms with Crippen LogP contribution in [-0.4, -0.2) is 36.0 Å². The largest absolute Gasteiger partial charge is 0.447 e. The third-order valence-corrected chi connectivity index (χ3v) is 4.88. The molecule has 0 fully saturated rings. The van der Waals surface area contributed by atoms with Crippen molar-refractivity contribution in [3.8, 4) is 11.1 Å². The van der Waals surface area contributed by atoms with Gasteiger partial charge in [0.05, 0.1) is 0 Å². The van der Waals surface area contributed by atoms with Crippen molar-refractivity contribution in [2.24, 2.45) is 5.84 Å². The van der Waals surface area contributed by atoms with Crippen molar-refractivity contribution in [1.82, 2.24) is 5.01 Å². The van der Waals surface area contributed by atoms with Crippen LogP contribution in [0.4, 0.5) is 4.79 Å². The molecule has 5 nitrogen and oxygen atoms in total. The Hall–Kier alpha value is -2.37. The van der Waals surface area contributed by atoms with E-state index >= 15 is 0 Å². The molecule has 1 amide bonds. The maximum atomic E-state index is 12.2. The van der Waals surface area contributed by atoms with E-state index < -0.39 is 6.09 Å². The van der Waals surface area contributed by atoms with Crippen LogP contribution in [0.3, 0.4) is 0 Å². The molecule has 138 valence electrons. The minimum Gasteiger partial charge on any atom is -0.447 e. The van der Waals surface area contributed by atoms with E-state index in [4.69, 9.17) is 15.7 Å². The fraction of sp³-hybridized carbons (Fsp3) is 0.381. The summed E-state index contributed by atoms with van der Waals surface area (Å²) < 4.78 is 5.50. The maximum Gasteiger partial charge on any atom is 0.424 e. The Kier molecular flexibility index (Phi) is 6.26. The maximum absolute atomic E-state index is 12.2. The van der Waals surface area contributed by atoms with Crippen LogP contribution in [0.25, 0.3) is 11.1 Å². The van der Waals surface area contributed by atoms with Gasteiger partial charge in [0.2, 0.25) is 0 Å². The Morgan fingerprint density at radius 1 is 0.962 bits per heavy atom. The number of ether oxygens (including phenoxy) is 1. The van der Waals surface area contributed by atoms with Gasteiger partial charge < -0.3 is 9.84 Å². The van der Waals surface area contributed by atoms with E-state index in [0.717, 1.165) is 30.7 Å². The van der Waals surface area contributed by atoms with Crippen molar-refractivity contribution >= 4 is 6.09 Å². The highest BCUT2D eigenvalue weighted by atomic mass is 16.6.